The van der Waals surface area contributed by atoms with Crippen LogP contribution in [0.15, 0.2) is 109 Å². The van der Waals surface area contributed by atoms with Crippen molar-refractivity contribution >= 4 is 27.6 Å². The molecule has 0 spiro atoms. The first kappa shape index (κ1) is 28.9. The van der Waals surface area contributed by atoms with Crippen molar-refractivity contribution in [3.8, 4) is 0 Å². The van der Waals surface area contributed by atoms with Crippen LogP contribution in [0.4, 0.5) is 0 Å². The second-order valence-corrected chi connectivity index (χ2v) is 8.62. The fourth-order valence-corrected chi connectivity index (χ4v) is 4.32. The van der Waals surface area contributed by atoms with Crippen LogP contribution in [0.2, 0.25) is 0 Å². The molecule has 0 aromatic heterocycles. The van der Waals surface area contributed by atoms with Crippen molar-refractivity contribution in [1.82, 2.24) is 0 Å². The number of hydrogen-bond acceptors (Lipinski definition) is 0. The van der Waals surface area contributed by atoms with Crippen molar-refractivity contribution in [2.75, 3.05) is 0 Å². The van der Waals surface area contributed by atoms with E-state index in [2.05, 4.69) is 129 Å². The van der Waals surface area contributed by atoms with Gasteiger partial charge in [-0.15, -0.1) is 0 Å². The van der Waals surface area contributed by atoms with Crippen molar-refractivity contribution in [2.45, 2.75) is 60.8 Å². The molecule has 0 amide bonds. The Labute approximate surface area is 220 Å². The number of fused-ring (bicyclic) bond motifs is 4. The summed E-state index contributed by atoms with van der Waals surface area (Å²) in [6.07, 6.45) is 16.7. The molecule has 1 unspecified atom stereocenters. The molecule has 6 rings (SSSR count). The fraction of sp³-hybridized carbons (Fsp3) is 0.278. The average molecular weight is 477 g/mol. The molecule has 36 heavy (non-hydrogen) atoms. The second-order valence-electron chi connectivity index (χ2n) is 8.62. The lowest BCUT2D eigenvalue weighted by Gasteiger charge is -2.13. The van der Waals surface area contributed by atoms with Gasteiger partial charge in [-0.3, -0.25) is 0 Å². The lowest BCUT2D eigenvalue weighted by atomic mass is 9.92. The van der Waals surface area contributed by atoms with Crippen LogP contribution in [-0.4, -0.2) is 0 Å². The quantitative estimate of drug-likeness (QED) is 0.237. The van der Waals surface area contributed by atoms with Gasteiger partial charge in [-0.1, -0.05) is 150 Å². The summed E-state index contributed by atoms with van der Waals surface area (Å²) in [6, 6.07) is 27.9. The topological polar surface area (TPSA) is 0 Å². The highest BCUT2D eigenvalue weighted by Gasteiger charge is 2.07. The zero-order chi connectivity index (χ0) is 26.2. The minimum Gasteiger partial charge on any atom is -0.0840 e. The molecule has 2 aliphatic rings. The first-order chi connectivity index (χ1) is 17.7. The van der Waals surface area contributed by atoms with E-state index in [0.29, 0.717) is 0 Å². The Kier molecular flexibility index (Phi) is 13.1. The average Bonchev–Trinajstić information content (AvgIpc) is 2.97. The standard InChI is InChI=1S/C14H12.C11H10.C7H10.2C2H6/c1-3-7-13-11(5-1)9-10-12-6-2-4-8-14(12)13;1-9-5-4-7-10-6-2-3-8-11(9)10;1-7-5-3-2-4-6-7;2*1-2/h1-3,5-7,9-10H,4,8H2;2-8H,1H3;2-5,7H,6H2,1H3;2*1-2H3. The molecule has 0 saturated carbocycles. The number of aryl methyl sites for hydroxylation is 2. The van der Waals surface area contributed by atoms with E-state index in [1.165, 1.54) is 57.5 Å². The van der Waals surface area contributed by atoms with E-state index in [9.17, 15) is 0 Å². The predicted octanol–water partition coefficient (Wildman–Crippen LogP) is 11.1. The van der Waals surface area contributed by atoms with Crippen molar-refractivity contribution in [1.29, 1.82) is 0 Å². The first-order valence-electron chi connectivity index (χ1n) is 13.7. The van der Waals surface area contributed by atoms with Crippen molar-refractivity contribution in [3.05, 3.63) is 126 Å². The number of hydrogen-bond donors (Lipinski definition) is 0. The Morgan fingerprint density at radius 3 is 1.89 bits per heavy atom. The third kappa shape index (κ3) is 8.38. The van der Waals surface area contributed by atoms with Gasteiger partial charge in [0.05, 0.1) is 0 Å². The Bertz CT molecular complexity index is 1260. The van der Waals surface area contributed by atoms with Gasteiger partial charge >= 0.3 is 0 Å². The van der Waals surface area contributed by atoms with E-state index in [4.69, 9.17) is 0 Å². The van der Waals surface area contributed by atoms with Gasteiger partial charge in [-0.25, -0.2) is 0 Å². The van der Waals surface area contributed by atoms with Gasteiger partial charge in [-0.05, 0) is 70.3 Å². The van der Waals surface area contributed by atoms with Gasteiger partial charge < -0.3 is 0 Å². The monoisotopic (exact) mass is 476 g/mol. The molecule has 0 fully saturated rings. The summed E-state index contributed by atoms with van der Waals surface area (Å²) in [5.74, 6) is 0.769. The SMILES string of the molecule is C1=Cc2ccc3ccccc3c2CC1.CC.CC.CC1C=CC=CC1.Cc1cccc2ccccc12. The molecule has 1 atom stereocenters. The van der Waals surface area contributed by atoms with Crippen LogP contribution in [0.25, 0.3) is 27.6 Å². The maximum absolute atomic E-state index is 2.26. The second kappa shape index (κ2) is 16.3. The summed E-state index contributed by atoms with van der Waals surface area (Å²) in [7, 11) is 0. The van der Waals surface area contributed by atoms with Gasteiger partial charge in [0.1, 0.15) is 0 Å². The lowest BCUT2D eigenvalue weighted by Crippen LogP contribution is -1.94. The zero-order valence-electron chi connectivity index (χ0n) is 23.2. The van der Waals surface area contributed by atoms with Crippen LogP contribution in [0.1, 0.15) is 64.2 Å². The Morgan fingerprint density at radius 2 is 1.28 bits per heavy atom. The molecule has 0 heterocycles. The fourth-order valence-electron chi connectivity index (χ4n) is 4.32. The highest BCUT2D eigenvalue weighted by molar-refractivity contribution is 5.89. The van der Waals surface area contributed by atoms with Gasteiger partial charge in [0.2, 0.25) is 0 Å². The minimum atomic E-state index is 0.769. The first-order valence-corrected chi connectivity index (χ1v) is 13.7. The Balaban J connectivity index is 0.000000186. The summed E-state index contributed by atoms with van der Waals surface area (Å²) in [5, 5.41) is 5.47. The summed E-state index contributed by atoms with van der Waals surface area (Å²) < 4.78 is 0. The molecule has 4 aromatic rings. The Hall–Kier alpha value is -3.38. The third-order valence-electron chi connectivity index (χ3n) is 6.14. The number of allylic oxidation sites excluding steroid dienone is 5. The highest BCUT2D eigenvalue weighted by atomic mass is 14.1. The summed E-state index contributed by atoms with van der Waals surface area (Å²) in [5.41, 5.74) is 4.27. The number of benzene rings is 4. The molecule has 0 heteroatoms. The summed E-state index contributed by atoms with van der Waals surface area (Å²) >= 11 is 0. The van der Waals surface area contributed by atoms with Gasteiger partial charge in [0, 0.05) is 0 Å². The van der Waals surface area contributed by atoms with Crippen LogP contribution in [0.5, 0.6) is 0 Å². The smallest absolute Gasteiger partial charge is 0.0146 e. The molecule has 2 aliphatic carbocycles. The van der Waals surface area contributed by atoms with Crippen molar-refractivity contribution in [2.24, 2.45) is 5.92 Å². The molecule has 0 nitrogen and oxygen atoms in total. The molecule has 0 N–H and O–H groups in total. The maximum atomic E-state index is 2.26. The van der Waals surface area contributed by atoms with Crippen LogP contribution >= 0.6 is 0 Å². The van der Waals surface area contributed by atoms with E-state index in [0.717, 1.165) is 5.92 Å². The van der Waals surface area contributed by atoms with Crippen LogP contribution < -0.4 is 0 Å². The lowest BCUT2D eigenvalue weighted by molar-refractivity contribution is 0.737. The zero-order valence-corrected chi connectivity index (χ0v) is 23.2. The molecular weight excluding hydrogens is 432 g/mol. The Morgan fingerprint density at radius 1 is 0.639 bits per heavy atom. The van der Waals surface area contributed by atoms with E-state index in [1.807, 2.05) is 27.7 Å². The summed E-state index contributed by atoms with van der Waals surface area (Å²) in [4.78, 5) is 0. The van der Waals surface area contributed by atoms with E-state index in [-0.39, 0.29) is 0 Å². The molecule has 0 bridgehead atoms. The molecule has 4 aromatic carbocycles. The molecule has 0 saturated heterocycles. The third-order valence-corrected chi connectivity index (χ3v) is 6.14. The largest absolute Gasteiger partial charge is 0.0840 e. The van der Waals surface area contributed by atoms with Crippen molar-refractivity contribution in [3.63, 3.8) is 0 Å². The van der Waals surface area contributed by atoms with E-state index in [1.54, 1.807) is 0 Å². The van der Waals surface area contributed by atoms with Crippen molar-refractivity contribution < 1.29 is 0 Å². The molecule has 188 valence electrons. The molecular formula is C36H44. The van der Waals surface area contributed by atoms with E-state index < -0.39 is 0 Å². The predicted molar refractivity (Wildman–Crippen MR) is 165 cm³/mol. The van der Waals surface area contributed by atoms with Gasteiger partial charge in [-0.2, -0.15) is 0 Å². The number of rotatable bonds is 0. The summed E-state index contributed by atoms with van der Waals surface area (Å²) in [6.45, 7) is 12.4. The van der Waals surface area contributed by atoms with Crippen LogP contribution in [-0.2, 0) is 6.42 Å². The molecule has 0 aliphatic heterocycles. The van der Waals surface area contributed by atoms with Gasteiger partial charge in [0.15, 0.2) is 0 Å². The van der Waals surface area contributed by atoms with Gasteiger partial charge in [0.25, 0.3) is 0 Å². The molecule has 0 radical (unpaired) electrons. The highest BCUT2D eigenvalue weighted by Crippen LogP contribution is 2.27. The van der Waals surface area contributed by atoms with E-state index >= 15 is 0 Å². The normalized spacial score (nSPS) is 14.6. The minimum absolute atomic E-state index is 0.769. The maximum Gasteiger partial charge on any atom is -0.0146 e. The van der Waals surface area contributed by atoms with Crippen LogP contribution in [0.3, 0.4) is 0 Å². The van der Waals surface area contributed by atoms with Crippen LogP contribution in [0, 0.1) is 12.8 Å².